The van der Waals surface area contributed by atoms with Crippen LogP contribution >= 0.6 is 23.2 Å². The van der Waals surface area contributed by atoms with Crippen molar-refractivity contribution >= 4 is 23.2 Å². The minimum atomic E-state index is 0.459. The highest BCUT2D eigenvalue weighted by Crippen LogP contribution is 2.31. The van der Waals surface area contributed by atoms with Gasteiger partial charge in [-0.15, -0.1) is 0 Å². The Balaban J connectivity index is 1.52. The van der Waals surface area contributed by atoms with E-state index in [1.807, 2.05) is 42.5 Å². The van der Waals surface area contributed by atoms with Gasteiger partial charge < -0.3 is 14.8 Å². The molecule has 0 bridgehead atoms. The van der Waals surface area contributed by atoms with E-state index < -0.39 is 0 Å². The summed E-state index contributed by atoms with van der Waals surface area (Å²) in [4.78, 5) is 0. The lowest BCUT2D eigenvalue weighted by Crippen LogP contribution is -2.23. The SMILES string of the molecule is Clc1cccc(OCCNCCCOc2ccccc2)c1Cl. The smallest absolute Gasteiger partial charge is 0.139 e. The molecule has 0 amide bonds. The molecular formula is C17H19Cl2NO2. The minimum absolute atomic E-state index is 0.459. The number of benzene rings is 2. The summed E-state index contributed by atoms with van der Waals surface area (Å²) in [6.07, 6.45) is 0.937. The van der Waals surface area contributed by atoms with Crippen LogP contribution < -0.4 is 14.8 Å². The molecular weight excluding hydrogens is 321 g/mol. The summed E-state index contributed by atoms with van der Waals surface area (Å²) in [5.41, 5.74) is 0. The Bertz CT molecular complexity index is 564. The highest BCUT2D eigenvalue weighted by molar-refractivity contribution is 6.42. The molecule has 0 heterocycles. The molecule has 0 aliphatic carbocycles. The summed E-state index contributed by atoms with van der Waals surface area (Å²) in [5.74, 6) is 1.52. The summed E-state index contributed by atoms with van der Waals surface area (Å²) >= 11 is 12.0. The minimum Gasteiger partial charge on any atom is -0.494 e. The van der Waals surface area contributed by atoms with Crippen molar-refractivity contribution in [3.63, 3.8) is 0 Å². The molecule has 0 atom stereocenters. The highest BCUT2D eigenvalue weighted by Gasteiger charge is 2.04. The van der Waals surface area contributed by atoms with E-state index >= 15 is 0 Å². The van der Waals surface area contributed by atoms with Crippen LogP contribution in [0.4, 0.5) is 0 Å². The molecule has 1 N–H and O–H groups in total. The second-order valence-electron chi connectivity index (χ2n) is 4.67. The lowest BCUT2D eigenvalue weighted by atomic mass is 10.3. The van der Waals surface area contributed by atoms with Crippen molar-refractivity contribution in [1.82, 2.24) is 5.32 Å². The van der Waals surface area contributed by atoms with Gasteiger partial charge >= 0.3 is 0 Å². The van der Waals surface area contributed by atoms with Gasteiger partial charge in [0.1, 0.15) is 23.1 Å². The number of rotatable bonds is 9. The Kier molecular flexibility index (Phi) is 7.37. The molecule has 0 spiro atoms. The highest BCUT2D eigenvalue weighted by atomic mass is 35.5. The molecule has 0 aliphatic rings. The van der Waals surface area contributed by atoms with Crippen LogP contribution in [0.5, 0.6) is 11.5 Å². The van der Waals surface area contributed by atoms with Crippen molar-refractivity contribution in [3.8, 4) is 11.5 Å². The molecule has 2 aromatic rings. The van der Waals surface area contributed by atoms with Crippen molar-refractivity contribution in [1.29, 1.82) is 0 Å². The molecule has 0 aliphatic heterocycles. The molecule has 0 saturated carbocycles. The van der Waals surface area contributed by atoms with Crippen molar-refractivity contribution in [3.05, 3.63) is 58.6 Å². The fourth-order valence-corrected chi connectivity index (χ4v) is 2.20. The molecule has 0 aromatic heterocycles. The molecule has 5 heteroatoms. The first-order valence-electron chi connectivity index (χ1n) is 7.23. The molecule has 118 valence electrons. The van der Waals surface area contributed by atoms with Crippen molar-refractivity contribution in [2.45, 2.75) is 6.42 Å². The number of hydrogen-bond donors (Lipinski definition) is 1. The molecule has 0 fully saturated rings. The van der Waals surface area contributed by atoms with Gasteiger partial charge in [0.2, 0.25) is 0 Å². The zero-order valence-electron chi connectivity index (χ0n) is 12.2. The lowest BCUT2D eigenvalue weighted by Gasteiger charge is -2.10. The van der Waals surface area contributed by atoms with E-state index in [4.69, 9.17) is 32.7 Å². The molecule has 2 rings (SSSR count). The van der Waals surface area contributed by atoms with Gasteiger partial charge in [-0.3, -0.25) is 0 Å². The van der Waals surface area contributed by atoms with Crippen LogP contribution in [-0.2, 0) is 0 Å². The van der Waals surface area contributed by atoms with Gasteiger partial charge in [-0.25, -0.2) is 0 Å². The van der Waals surface area contributed by atoms with Crippen LogP contribution in [0, 0.1) is 0 Å². The van der Waals surface area contributed by atoms with Gasteiger partial charge in [0.25, 0.3) is 0 Å². The zero-order valence-corrected chi connectivity index (χ0v) is 13.7. The first-order valence-corrected chi connectivity index (χ1v) is 7.98. The third-order valence-electron chi connectivity index (χ3n) is 2.96. The summed E-state index contributed by atoms with van der Waals surface area (Å²) in [5, 5.41) is 4.26. The van der Waals surface area contributed by atoms with Crippen LogP contribution in [-0.4, -0.2) is 26.3 Å². The first kappa shape index (κ1) is 16.9. The Morgan fingerprint density at radius 1 is 0.818 bits per heavy atom. The lowest BCUT2D eigenvalue weighted by molar-refractivity contribution is 0.294. The van der Waals surface area contributed by atoms with E-state index in [1.165, 1.54) is 0 Å². The van der Waals surface area contributed by atoms with Crippen molar-refractivity contribution < 1.29 is 9.47 Å². The zero-order chi connectivity index (χ0) is 15.6. The van der Waals surface area contributed by atoms with Crippen molar-refractivity contribution in [2.24, 2.45) is 0 Å². The standard InChI is InChI=1S/C17H19Cl2NO2/c18-15-8-4-9-16(17(15)19)22-13-11-20-10-5-12-21-14-6-2-1-3-7-14/h1-4,6-9,20H,5,10-13H2. The number of hydrogen-bond acceptors (Lipinski definition) is 3. The maximum atomic E-state index is 6.04. The Hall–Kier alpha value is -1.42. The maximum Gasteiger partial charge on any atom is 0.139 e. The van der Waals surface area contributed by atoms with Gasteiger partial charge in [0.15, 0.2) is 0 Å². The average molecular weight is 340 g/mol. The second kappa shape index (κ2) is 9.57. The summed E-state index contributed by atoms with van der Waals surface area (Å²) < 4.78 is 11.2. The third-order valence-corrected chi connectivity index (χ3v) is 3.76. The largest absolute Gasteiger partial charge is 0.494 e. The Morgan fingerprint density at radius 2 is 1.64 bits per heavy atom. The topological polar surface area (TPSA) is 30.5 Å². The monoisotopic (exact) mass is 339 g/mol. The van der Waals surface area contributed by atoms with E-state index in [1.54, 1.807) is 6.07 Å². The van der Waals surface area contributed by atoms with E-state index in [-0.39, 0.29) is 0 Å². The Morgan fingerprint density at radius 3 is 2.45 bits per heavy atom. The van der Waals surface area contributed by atoms with Crippen LogP contribution in [0.2, 0.25) is 10.0 Å². The molecule has 2 aromatic carbocycles. The van der Waals surface area contributed by atoms with Gasteiger partial charge in [0.05, 0.1) is 11.6 Å². The molecule has 0 radical (unpaired) electrons. The number of nitrogens with one attached hydrogen (secondary N) is 1. The van der Waals surface area contributed by atoms with Gasteiger partial charge in [-0.05, 0) is 37.2 Å². The predicted molar refractivity (Wildman–Crippen MR) is 91.4 cm³/mol. The van der Waals surface area contributed by atoms with Crippen LogP contribution in [0.15, 0.2) is 48.5 Å². The number of para-hydroxylation sites is 1. The fourth-order valence-electron chi connectivity index (χ4n) is 1.86. The van der Waals surface area contributed by atoms with E-state index in [9.17, 15) is 0 Å². The van der Waals surface area contributed by atoms with E-state index in [2.05, 4.69) is 5.32 Å². The Labute approximate surface area is 141 Å². The summed E-state index contributed by atoms with van der Waals surface area (Å²) in [7, 11) is 0. The molecule has 22 heavy (non-hydrogen) atoms. The number of halogens is 2. The summed E-state index contributed by atoms with van der Waals surface area (Å²) in [6.45, 7) is 2.85. The van der Waals surface area contributed by atoms with Gasteiger partial charge in [-0.1, -0.05) is 47.5 Å². The second-order valence-corrected chi connectivity index (χ2v) is 5.45. The first-order chi connectivity index (χ1) is 10.8. The molecule has 0 unspecified atom stereocenters. The van der Waals surface area contributed by atoms with E-state index in [0.29, 0.717) is 29.0 Å². The van der Waals surface area contributed by atoms with Crippen LogP contribution in [0.3, 0.4) is 0 Å². The van der Waals surface area contributed by atoms with Crippen molar-refractivity contribution in [2.75, 3.05) is 26.3 Å². The van der Waals surface area contributed by atoms with Gasteiger partial charge in [0, 0.05) is 6.54 Å². The maximum absolute atomic E-state index is 6.04. The number of ether oxygens (including phenoxy) is 2. The quantitative estimate of drug-likeness (QED) is 0.685. The third kappa shape index (κ3) is 5.76. The fraction of sp³-hybridized carbons (Fsp3) is 0.294. The normalized spacial score (nSPS) is 10.5. The van der Waals surface area contributed by atoms with E-state index in [0.717, 1.165) is 25.3 Å². The van der Waals surface area contributed by atoms with Crippen LogP contribution in [0.1, 0.15) is 6.42 Å². The van der Waals surface area contributed by atoms with Gasteiger partial charge in [-0.2, -0.15) is 0 Å². The predicted octanol–water partition coefficient (Wildman–Crippen LogP) is 4.43. The van der Waals surface area contributed by atoms with Crippen LogP contribution in [0.25, 0.3) is 0 Å². The summed E-state index contributed by atoms with van der Waals surface area (Å²) in [6, 6.07) is 15.2. The average Bonchev–Trinajstić information content (AvgIpc) is 2.55. The molecule has 0 saturated heterocycles. The molecule has 3 nitrogen and oxygen atoms in total.